The Morgan fingerprint density at radius 1 is 1.42 bits per heavy atom. The first-order chi connectivity index (χ1) is 11.0. The Hall–Kier alpha value is -1.70. The molecule has 1 aromatic heterocycles. The Balaban J connectivity index is 2.00. The third kappa shape index (κ3) is 4.90. The van der Waals surface area contributed by atoms with E-state index in [1.54, 1.807) is 25.7 Å². The maximum Gasteiger partial charge on any atom is 0.417 e. The molecule has 0 spiro atoms. The molecule has 0 saturated carbocycles. The van der Waals surface area contributed by atoms with E-state index in [4.69, 9.17) is 16.3 Å². The summed E-state index contributed by atoms with van der Waals surface area (Å²) in [6, 6.07) is 0.679. The summed E-state index contributed by atoms with van der Waals surface area (Å²) < 4.78 is 43.1. The molecule has 2 rings (SSSR count). The number of carbonyl (C=O) groups is 1. The lowest BCUT2D eigenvalue weighted by Gasteiger charge is -2.22. The Morgan fingerprint density at radius 3 is 2.62 bits per heavy atom. The highest BCUT2D eigenvalue weighted by molar-refractivity contribution is 6.33. The average molecular weight is 366 g/mol. The number of hydrogen-bond donors (Lipinski definition) is 1. The lowest BCUT2D eigenvalue weighted by Crippen LogP contribution is -2.40. The second-order valence-electron chi connectivity index (χ2n) is 6.61. The van der Waals surface area contributed by atoms with E-state index in [0.29, 0.717) is 19.5 Å². The van der Waals surface area contributed by atoms with Gasteiger partial charge < -0.3 is 15.0 Å². The van der Waals surface area contributed by atoms with Crippen molar-refractivity contribution in [3.05, 3.63) is 22.8 Å². The van der Waals surface area contributed by atoms with Crippen molar-refractivity contribution in [3.63, 3.8) is 0 Å². The summed E-state index contributed by atoms with van der Waals surface area (Å²) in [6.45, 7) is 6.22. The lowest BCUT2D eigenvalue weighted by molar-refractivity contribution is -0.137. The molecule has 0 aromatic carbocycles. The van der Waals surface area contributed by atoms with Gasteiger partial charge in [-0.05, 0) is 33.3 Å². The fourth-order valence-electron chi connectivity index (χ4n) is 2.36. The highest BCUT2D eigenvalue weighted by atomic mass is 35.5. The topological polar surface area (TPSA) is 54.5 Å². The van der Waals surface area contributed by atoms with Gasteiger partial charge in [-0.25, -0.2) is 9.78 Å². The van der Waals surface area contributed by atoms with Crippen LogP contribution in [0.3, 0.4) is 0 Å². The van der Waals surface area contributed by atoms with Gasteiger partial charge in [0.25, 0.3) is 0 Å². The molecule has 0 aliphatic carbocycles. The predicted molar refractivity (Wildman–Crippen MR) is 84.2 cm³/mol. The fourth-order valence-corrected chi connectivity index (χ4v) is 2.65. The lowest BCUT2D eigenvalue weighted by atomic mass is 10.2. The summed E-state index contributed by atoms with van der Waals surface area (Å²) in [5, 5.41) is 2.67. The highest BCUT2D eigenvalue weighted by Crippen LogP contribution is 2.34. The van der Waals surface area contributed by atoms with Crippen LogP contribution in [0, 0.1) is 0 Å². The SMILES string of the molecule is CC(C)(C)OC(=O)NC1CCN(c2ncc(C(F)(F)F)cc2Cl)C1. The van der Waals surface area contributed by atoms with E-state index in [1.165, 1.54) is 0 Å². The van der Waals surface area contributed by atoms with Crippen LogP contribution in [0.1, 0.15) is 32.8 Å². The first-order valence-corrected chi connectivity index (χ1v) is 7.81. The van der Waals surface area contributed by atoms with Crippen LogP contribution in [0.25, 0.3) is 0 Å². The van der Waals surface area contributed by atoms with Crippen LogP contribution in [0.2, 0.25) is 5.02 Å². The second kappa shape index (κ2) is 6.66. The van der Waals surface area contributed by atoms with Gasteiger partial charge in [0.15, 0.2) is 0 Å². The molecule has 1 aromatic rings. The van der Waals surface area contributed by atoms with Crippen molar-refractivity contribution < 1.29 is 22.7 Å². The number of nitrogens with zero attached hydrogens (tertiary/aromatic N) is 2. The predicted octanol–water partition coefficient (Wildman–Crippen LogP) is 3.86. The first-order valence-electron chi connectivity index (χ1n) is 7.43. The van der Waals surface area contributed by atoms with E-state index in [1.807, 2.05) is 0 Å². The summed E-state index contributed by atoms with van der Waals surface area (Å²) >= 11 is 5.94. The van der Waals surface area contributed by atoms with E-state index >= 15 is 0 Å². The third-order valence-corrected chi connectivity index (χ3v) is 3.64. The summed E-state index contributed by atoms with van der Waals surface area (Å²) in [5.41, 5.74) is -1.49. The molecule has 1 N–H and O–H groups in total. The molecule has 5 nitrogen and oxygen atoms in total. The zero-order valence-corrected chi connectivity index (χ0v) is 14.3. The van der Waals surface area contributed by atoms with Crippen LogP contribution in [0.15, 0.2) is 12.3 Å². The number of ether oxygens (including phenoxy) is 1. The molecule has 1 fully saturated rings. The molecule has 0 bridgehead atoms. The molecule has 1 amide bonds. The number of halogens is 4. The highest BCUT2D eigenvalue weighted by Gasteiger charge is 2.33. The van der Waals surface area contributed by atoms with Gasteiger partial charge in [-0.1, -0.05) is 11.6 Å². The molecular weight excluding hydrogens is 347 g/mol. The van der Waals surface area contributed by atoms with E-state index in [9.17, 15) is 18.0 Å². The number of anilines is 1. The Labute approximate surface area is 143 Å². The van der Waals surface area contributed by atoms with Gasteiger partial charge in [-0.15, -0.1) is 0 Å². The monoisotopic (exact) mass is 365 g/mol. The number of pyridine rings is 1. The van der Waals surface area contributed by atoms with E-state index in [0.717, 1.165) is 12.3 Å². The Morgan fingerprint density at radius 2 is 2.08 bits per heavy atom. The van der Waals surface area contributed by atoms with Crippen LogP contribution in [0.4, 0.5) is 23.8 Å². The van der Waals surface area contributed by atoms with Crippen molar-refractivity contribution in [1.29, 1.82) is 0 Å². The number of nitrogens with one attached hydrogen (secondary N) is 1. The van der Waals surface area contributed by atoms with Crippen LogP contribution in [-0.2, 0) is 10.9 Å². The van der Waals surface area contributed by atoms with Crippen LogP contribution >= 0.6 is 11.6 Å². The zero-order chi connectivity index (χ0) is 18.1. The Kier molecular flexibility index (Phi) is 5.17. The van der Waals surface area contributed by atoms with Crippen molar-refractivity contribution in [2.24, 2.45) is 0 Å². The average Bonchev–Trinajstić information content (AvgIpc) is 2.83. The van der Waals surface area contributed by atoms with Crippen molar-refractivity contribution in [2.45, 2.75) is 45.0 Å². The number of alkyl carbamates (subject to hydrolysis) is 1. The number of rotatable bonds is 2. The van der Waals surface area contributed by atoms with Gasteiger partial charge in [-0.2, -0.15) is 13.2 Å². The molecule has 2 heterocycles. The molecule has 24 heavy (non-hydrogen) atoms. The number of alkyl halides is 3. The first kappa shape index (κ1) is 18.6. The van der Waals surface area contributed by atoms with Gasteiger partial charge in [0.05, 0.1) is 16.6 Å². The van der Waals surface area contributed by atoms with Gasteiger partial charge in [0, 0.05) is 19.3 Å². The molecule has 134 valence electrons. The summed E-state index contributed by atoms with van der Waals surface area (Å²) in [6.07, 6.45) is -3.63. The van der Waals surface area contributed by atoms with Crippen LogP contribution < -0.4 is 10.2 Å². The van der Waals surface area contributed by atoms with Crippen molar-refractivity contribution >= 4 is 23.5 Å². The van der Waals surface area contributed by atoms with Crippen molar-refractivity contribution in [3.8, 4) is 0 Å². The fraction of sp³-hybridized carbons (Fsp3) is 0.600. The standard InChI is InChI=1S/C15H19ClF3N3O2/c1-14(2,3)24-13(23)21-10-4-5-22(8-10)12-11(16)6-9(7-20-12)15(17,18)19/h6-7,10H,4-5,8H2,1-3H3,(H,21,23). The number of carbonyl (C=O) groups excluding carboxylic acids is 1. The van der Waals surface area contributed by atoms with Crippen molar-refractivity contribution in [2.75, 3.05) is 18.0 Å². The summed E-state index contributed by atoms with van der Waals surface area (Å²) in [5.74, 6) is 0.276. The molecule has 1 unspecified atom stereocenters. The third-order valence-electron chi connectivity index (χ3n) is 3.36. The van der Waals surface area contributed by atoms with Gasteiger partial charge >= 0.3 is 12.3 Å². The molecule has 1 saturated heterocycles. The van der Waals surface area contributed by atoms with E-state index in [2.05, 4.69) is 10.3 Å². The van der Waals surface area contributed by atoms with Gasteiger partial charge in [0.2, 0.25) is 0 Å². The Bertz CT molecular complexity index is 617. The minimum Gasteiger partial charge on any atom is -0.444 e. The van der Waals surface area contributed by atoms with Crippen LogP contribution in [0.5, 0.6) is 0 Å². The van der Waals surface area contributed by atoms with Gasteiger partial charge in [0.1, 0.15) is 11.4 Å². The number of aromatic nitrogens is 1. The molecule has 1 atom stereocenters. The molecule has 1 aliphatic rings. The number of hydrogen-bond acceptors (Lipinski definition) is 4. The number of amides is 1. The normalized spacial score (nSPS) is 18.6. The quantitative estimate of drug-likeness (QED) is 0.864. The molecular formula is C15H19ClF3N3O2. The maximum atomic E-state index is 12.6. The van der Waals surface area contributed by atoms with E-state index < -0.39 is 23.4 Å². The van der Waals surface area contributed by atoms with E-state index in [-0.39, 0.29) is 16.9 Å². The smallest absolute Gasteiger partial charge is 0.417 e. The molecule has 1 aliphatic heterocycles. The minimum atomic E-state index is -4.49. The van der Waals surface area contributed by atoms with Gasteiger partial charge in [-0.3, -0.25) is 0 Å². The summed E-state index contributed by atoms with van der Waals surface area (Å²) in [7, 11) is 0. The van der Waals surface area contributed by atoms with Crippen molar-refractivity contribution in [1.82, 2.24) is 10.3 Å². The molecule has 0 radical (unpaired) electrons. The van der Waals surface area contributed by atoms with Crippen LogP contribution in [-0.4, -0.2) is 35.8 Å². The zero-order valence-electron chi connectivity index (χ0n) is 13.6. The maximum absolute atomic E-state index is 12.6. The molecule has 9 heteroatoms. The summed E-state index contributed by atoms with van der Waals surface area (Å²) in [4.78, 5) is 17.3. The largest absolute Gasteiger partial charge is 0.444 e. The second-order valence-corrected chi connectivity index (χ2v) is 7.01. The minimum absolute atomic E-state index is 0.0669.